The van der Waals surface area contributed by atoms with Crippen molar-refractivity contribution in [3.63, 3.8) is 0 Å². The Morgan fingerprint density at radius 2 is 1.86 bits per heavy atom. The predicted octanol–water partition coefficient (Wildman–Crippen LogP) is 2.27. The molecule has 0 aliphatic carbocycles. The van der Waals surface area contributed by atoms with E-state index in [0.29, 0.717) is 18.9 Å². The molecule has 1 saturated heterocycles. The highest BCUT2D eigenvalue weighted by molar-refractivity contribution is 7.09. The molecule has 0 bridgehead atoms. The summed E-state index contributed by atoms with van der Waals surface area (Å²) in [5.74, 6) is -0.758. The lowest BCUT2D eigenvalue weighted by molar-refractivity contribution is -0.144. The van der Waals surface area contributed by atoms with Gasteiger partial charge in [-0.25, -0.2) is 15.0 Å². The Morgan fingerprint density at radius 1 is 1.09 bits per heavy atom. The van der Waals surface area contributed by atoms with Crippen LogP contribution in [0.5, 0.6) is 0 Å². The maximum Gasteiger partial charge on any atom is 0.451 e. The maximum atomic E-state index is 12.7. The second kappa shape index (κ2) is 6.17. The van der Waals surface area contributed by atoms with E-state index in [-0.39, 0.29) is 0 Å². The lowest BCUT2D eigenvalue weighted by Crippen LogP contribution is -2.46. The highest BCUT2D eigenvalue weighted by atomic mass is 32.1. The summed E-state index contributed by atoms with van der Waals surface area (Å²) in [7, 11) is 0. The van der Waals surface area contributed by atoms with Gasteiger partial charge >= 0.3 is 6.18 Å². The Balaban J connectivity index is 1.61. The average Bonchev–Trinajstić information content (AvgIpc) is 3.00. The molecule has 0 atom stereocenters. The van der Waals surface area contributed by atoms with Crippen LogP contribution in [-0.4, -0.2) is 46.0 Å². The minimum Gasteiger partial charge on any atom is -0.354 e. The molecule has 3 heterocycles. The fourth-order valence-corrected chi connectivity index (χ4v) is 2.98. The lowest BCUT2D eigenvalue weighted by atomic mass is 10.3. The van der Waals surface area contributed by atoms with Gasteiger partial charge in [0.1, 0.15) is 10.8 Å². The molecule has 5 nitrogen and oxygen atoms in total. The summed E-state index contributed by atoms with van der Waals surface area (Å²) in [6.07, 6.45) is -1.58. The van der Waals surface area contributed by atoms with Gasteiger partial charge in [-0.15, -0.1) is 11.3 Å². The summed E-state index contributed by atoms with van der Waals surface area (Å²) < 4.78 is 38.0. The van der Waals surface area contributed by atoms with Gasteiger partial charge in [0.05, 0.1) is 6.54 Å². The Hall–Kier alpha value is -1.74. The number of hydrogen-bond donors (Lipinski definition) is 0. The van der Waals surface area contributed by atoms with E-state index in [1.807, 2.05) is 10.3 Å². The minimum absolute atomic E-state index is 0.330. The zero-order valence-electron chi connectivity index (χ0n) is 11.6. The molecule has 1 aliphatic heterocycles. The quantitative estimate of drug-likeness (QED) is 0.864. The number of piperazine rings is 1. The molecule has 9 heteroatoms. The van der Waals surface area contributed by atoms with Gasteiger partial charge in [0.25, 0.3) is 0 Å². The molecule has 0 spiro atoms. The molecule has 0 radical (unpaired) electrons. The van der Waals surface area contributed by atoms with Crippen molar-refractivity contribution in [3.8, 4) is 0 Å². The van der Waals surface area contributed by atoms with Crippen LogP contribution in [-0.2, 0) is 12.7 Å². The van der Waals surface area contributed by atoms with Crippen LogP contribution in [0, 0.1) is 0 Å². The van der Waals surface area contributed by atoms with E-state index in [1.165, 1.54) is 6.07 Å². The molecule has 1 fully saturated rings. The van der Waals surface area contributed by atoms with E-state index in [9.17, 15) is 13.2 Å². The zero-order valence-corrected chi connectivity index (χ0v) is 12.4. The van der Waals surface area contributed by atoms with Crippen molar-refractivity contribution in [3.05, 3.63) is 34.7 Å². The van der Waals surface area contributed by atoms with Crippen molar-refractivity contribution < 1.29 is 13.2 Å². The van der Waals surface area contributed by atoms with E-state index in [4.69, 9.17) is 0 Å². The molecule has 2 aromatic rings. The Morgan fingerprint density at radius 3 is 2.50 bits per heavy atom. The number of thiazole rings is 1. The van der Waals surface area contributed by atoms with Crippen LogP contribution in [0.15, 0.2) is 23.8 Å². The highest BCUT2D eigenvalue weighted by Gasteiger charge is 2.35. The van der Waals surface area contributed by atoms with Gasteiger partial charge < -0.3 is 4.90 Å². The van der Waals surface area contributed by atoms with Gasteiger partial charge in [-0.3, -0.25) is 4.90 Å². The summed E-state index contributed by atoms with van der Waals surface area (Å²) in [6.45, 7) is 3.60. The van der Waals surface area contributed by atoms with Crippen molar-refractivity contribution >= 4 is 17.2 Å². The summed E-state index contributed by atoms with van der Waals surface area (Å²) >= 11 is 1.61. The molecule has 0 aromatic carbocycles. The fourth-order valence-electron chi connectivity index (χ4n) is 2.32. The molecule has 0 unspecified atom stereocenters. The third-order valence-electron chi connectivity index (χ3n) is 3.43. The second-order valence-electron chi connectivity index (χ2n) is 4.93. The molecule has 0 amide bonds. The van der Waals surface area contributed by atoms with Crippen LogP contribution in [0.3, 0.4) is 0 Å². The zero-order chi connectivity index (χ0) is 15.6. The SMILES string of the molecule is FC(F)(F)c1nccc(N2CCN(Cc3nccs3)CC2)n1. The van der Waals surface area contributed by atoms with Gasteiger partial charge in [-0.05, 0) is 6.07 Å². The van der Waals surface area contributed by atoms with Crippen LogP contribution in [0.25, 0.3) is 0 Å². The Bertz CT molecular complexity index is 608. The first-order chi connectivity index (χ1) is 10.5. The fraction of sp³-hybridized carbons (Fsp3) is 0.462. The van der Waals surface area contributed by atoms with Gasteiger partial charge in [0.15, 0.2) is 0 Å². The van der Waals surface area contributed by atoms with Gasteiger partial charge in [0, 0.05) is 44.0 Å². The summed E-state index contributed by atoms with van der Waals surface area (Å²) in [5, 5.41) is 2.99. The first kappa shape index (κ1) is 15.2. The van der Waals surface area contributed by atoms with Crippen LogP contribution < -0.4 is 4.90 Å². The number of aromatic nitrogens is 3. The molecule has 0 N–H and O–H groups in total. The van der Waals surface area contributed by atoms with E-state index in [2.05, 4.69) is 19.9 Å². The van der Waals surface area contributed by atoms with E-state index in [0.717, 1.165) is 30.8 Å². The molecule has 0 saturated carbocycles. The normalized spacial score (nSPS) is 17.0. The van der Waals surface area contributed by atoms with Crippen molar-refractivity contribution in [1.82, 2.24) is 19.9 Å². The Labute approximate surface area is 129 Å². The van der Waals surface area contributed by atoms with E-state index in [1.54, 1.807) is 17.5 Å². The van der Waals surface area contributed by atoms with Crippen LogP contribution in [0.4, 0.5) is 19.0 Å². The molecular weight excluding hydrogens is 315 g/mol. The first-order valence-corrected chi connectivity index (χ1v) is 7.66. The number of rotatable bonds is 3. The minimum atomic E-state index is -4.51. The maximum absolute atomic E-state index is 12.7. The van der Waals surface area contributed by atoms with E-state index < -0.39 is 12.0 Å². The highest BCUT2D eigenvalue weighted by Crippen LogP contribution is 2.27. The molecule has 3 rings (SSSR count). The predicted molar refractivity (Wildman–Crippen MR) is 76.6 cm³/mol. The first-order valence-electron chi connectivity index (χ1n) is 6.78. The van der Waals surface area contributed by atoms with Crippen molar-refractivity contribution in [2.24, 2.45) is 0 Å². The van der Waals surface area contributed by atoms with Crippen LogP contribution in [0.2, 0.25) is 0 Å². The standard InChI is InChI=1S/C13H14F3N5S/c14-13(15,16)12-18-2-1-10(19-12)21-6-4-20(5-7-21)9-11-17-3-8-22-11/h1-3,8H,4-7,9H2. The number of halogens is 3. The molecule has 22 heavy (non-hydrogen) atoms. The largest absolute Gasteiger partial charge is 0.451 e. The van der Waals surface area contributed by atoms with Gasteiger partial charge in [0.2, 0.25) is 5.82 Å². The van der Waals surface area contributed by atoms with Crippen LogP contribution in [0.1, 0.15) is 10.8 Å². The summed E-state index contributed by atoms with van der Waals surface area (Å²) in [5.41, 5.74) is 0. The van der Waals surface area contributed by atoms with Crippen molar-refractivity contribution in [1.29, 1.82) is 0 Å². The molecular formula is C13H14F3N5S. The molecule has 1 aliphatic rings. The monoisotopic (exact) mass is 329 g/mol. The average molecular weight is 329 g/mol. The van der Waals surface area contributed by atoms with Gasteiger partial charge in [-0.1, -0.05) is 0 Å². The summed E-state index contributed by atoms with van der Waals surface area (Å²) in [4.78, 5) is 15.3. The topological polar surface area (TPSA) is 45.2 Å². The second-order valence-corrected chi connectivity index (χ2v) is 5.90. The third-order valence-corrected chi connectivity index (χ3v) is 4.20. The number of nitrogens with zero attached hydrogens (tertiary/aromatic N) is 5. The molecule has 2 aromatic heterocycles. The van der Waals surface area contributed by atoms with Gasteiger partial charge in [-0.2, -0.15) is 13.2 Å². The third kappa shape index (κ3) is 3.53. The number of anilines is 1. The van der Waals surface area contributed by atoms with E-state index >= 15 is 0 Å². The Kier molecular flexibility index (Phi) is 4.25. The molecule has 118 valence electrons. The smallest absolute Gasteiger partial charge is 0.354 e. The number of hydrogen-bond acceptors (Lipinski definition) is 6. The number of alkyl halides is 3. The van der Waals surface area contributed by atoms with Crippen LogP contribution >= 0.6 is 11.3 Å². The lowest BCUT2D eigenvalue weighted by Gasteiger charge is -2.35. The van der Waals surface area contributed by atoms with Crippen molar-refractivity contribution in [2.45, 2.75) is 12.7 Å². The summed E-state index contributed by atoms with van der Waals surface area (Å²) in [6, 6.07) is 1.52. The van der Waals surface area contributed by atoms with Crippen molar-refractivity contribution in [2.75, 3.05) is 31.1 Å².